The molecule has 1 saturated carbocycles. The zero-order valence-electron chi connectivity index (χ0n) is 38.6. The van der Waals surface area contributed by atoms with Crippen molar-refractivity contribution in [3.05, 3.63) is 124 Å². The van der Waals surface area contributed by atoms with Crippen LogP contribution in [0, 0.1) is 0 Å². The number of aromatic amines is 1. The molecule has 1 fully saturated rings. The second kappa shape index (κ2) is 19.2. The molecule has 1 atom stereocenters. The summed E-state index contributed by atoms with van der Waals surface area (Å²) in [5.74, 6) is 0.0255. The number of carboxylic acid groups (broad SMARTS) is 1. The molecule has 0 aliphatic heterocycles. The highest BCUT2D eigenvalue weighted by Gasteiger charge is 2.40. The summed E-state index contributed by atoms with van der Waals surface area (Å²) < 4.78 is 8.90. The van der Waals surface area contributed by atoms with Crippen molar-refractivity contribution < 1.29 is 19.4 Å². The number of nitrogens with zero attached hydrogens (tertiary/aromatic N) is 4. The molecular formula is C51H65N7O5Si. The molecule has 12 nitrogen and oxygen atoms in total. The van der Waals surface area contributed by atoms with Gasteiger partial charge in [-0.3, -0.25) is 9.69 Å². The van der Waals surface area contributed by atoms with E-state index >= 15 is 0 Å². The summed E-state index contributed by atoms with van der Waals surface area (Å²) in [4.78, 5) is 29.6. The number of aromatic hydroxyl groups is 1. The molecule has 0 saturated heterocycles. The topological polar surface area (TPSA) is 158 Å². The fourth-order valence-electron chi connectivity index (χ4n) is 8.60. The first-order chi connectivity index (χ1) is 30.4. The molecule has 7 rings (SSSR count). The number of H-pyrrole nitrogens is 1. The Morgan fingerprint density at radius 2 is 1.72 bits per heavy atom. The minimum atomic E-state index is -2.23. The fraction of sp³-hybridized carbons (Fsp3) is 0.412. The van der Waals surface area contributed by atoms with Gasteiger partial charge in [0.25, 0.3) is 0 Å². The molecule has 0 radical (unpaired) electrons. The molecule has 0 unspecified atom stereocenters. The first-order valence-corrected chi connectivity index (χ1v) is 25.5. The smallest absolute Gasteiger partial charge is 0.412 e. The number of allylic oxidation sites excluding steroid dienone is 1. The number of aromatic nitrogens is 4. The summed E-state index contributed by atoms with van der Waals surface area (Å²) >= 11 is 0. The number of pyridine rings is 1. The highest BCUT2D eigenvalue weighted by molar-refractivity contribution is 6.74. The number of hydrogen-bond acceptors (Lipinski definition) is 8. The summed E-state index contributed by atoms with van der Waals surface area (Å²) in [6.45, 7) is 19.4. The Bertz CT molecular complexity index is 2650. The predicted octanol–water partition coefficient (Wildman–Crippen LogP) is 10.8. The van der Waals surface area contributed by atoms with Crippen molar-refractivity contribution in [1.29, 1.82) is 0 Å². The lowest BCUT2D eigenvalue weighted by Crippen LogP contribution is -2.49. The molecule has 0 bridgehead atoms. The third-order valence-corrected chi connectivity index (χ3v) is 17.3. The van der Waals surface area contributed by atoms with Gasteiger partial charge in [-0.15, -0.1) is 5.10 Å². The summed E-state index contributed by atoms with van der Waals surface area (Å²) in [6, 6.07) is 29.4. The molecule has 1 aliphatic rings. The van der Waals surface area contributed by atoms with Gasteiger partial charge in [-0.05, 0) is 124 Å². The van der Waals surface area contributed by atoms with Gasteiger partial charge in [-0.1, -0.05) is 92.7 Å². The van der Waals surface area contributed by atoms with Crippen LogP contribution < -0.4 is 21.1 Å². The second-order valence-corrected chi connectivity index (χ2v) is 24.6. The Balaban J connectivity index is 1.02. The summed E-state index contributed by atoms with van der Waals surface area (Å²) in [5.41, 5.74) is 7.41. The van der Waals surface area contributed by atoms with Crippen molar-refractivity contribution in [3.8, 4) is 16.9 Å². The average molecular weight is 884 g/mol. The van der Waals surface area contributed by atoms with Crippen molar-refractivity contribution in [1.82, 2.24) is 30.6 Å². The zero-order valence-corrected chi connectivity index (χ0v) is 39.6. The molecule has 4 aromatic carbocycles. The van der Waals surface area contributed by atoms with Crippen LogP contribution in [0.5, 0.6) is 5.75 Å². The number of rotatable bonds is 15. The zero-order chi connectivity index (χ0) is 45.8. The van der Waals surface area contributed by atoms with Gasteiger partial charge >= 0.3 is 6.09 Å². The number of hydrogen-bond donors (Lipinski definition) is 5. The van der Waals surface area contributed by atoms with Crippen LogP contribution in [-0.4, -0.2) is 68.8 Å². The molecule has 2 aromatic heterocycles. The van der Waals surface area contributed by atoms with Gasteiger partial charge in [0.05, 0.1) is 22.8 Å². The SMILES string of the molecule is CC(C)(C)NC1CCC(N(C(=O)O)c2cc(/C=C/CCn3nnc4cc(CNC[C@@H](O[Si](C)(C)C(C)(C)C)c5ccc(O)c6[nH]c(=O)ccc56)ccc43)ccc2-c2ccccc2)CC1. The van der Waals surface area contributed by atoms with Crippen molar-refractivity contribution in [2.45, 2.75) is 129 Å². The quantitative estimate of drug-likeness (QED) is 0.0633. The van der Waals surface area contributed by atoms with E-state index < -0.39 is 14.4 Å². The lowest BCUT2D eigenvalue weighted by molar-refractivity contribution is 0.181. The predicted molar refractivity (Wildman–Crippen MR) is 261 cm³/mol. The van der Waals surface area contributed by atoms with Gasteiger partial charge in [0.2, 0.25) is 5.56 Å². The van der Waals surface area contributed by atoms with Crippen LogP contribution in [0.15, 0.2) is 102 Å². The Kier molecular flexibility index (Phi) is 13.9. The van der Waals surface area contributed by atoms with Crippen LogP contribution in [0.2, 0.25) is 18.1 Å². The van der Waals surface area contributed by atoms with E-state index in [-0.39, 0.29) is 34.0 Å². The minimum Gasteiger partial charge on any atom is -0.506 e. The van der Waals surface area contributed by atoms with Crippen molar-refractivity contribution in [2.75, 3.05) is 11.4 Å². The van der Waals surface area contributed by atoms with Crippen LogP contribution in [0.25, 0.3) is 39.1 Å². The third kappa shape index (κ3) is 11.0. The number of benzene rings is 4. The molecule has 0 spiro atoms. The summed E-state index contributed by atoms with van der Waals surface area (Å²) in [6.07, 6.45) is 7.10. The van der Waals surface area contributed by atoms with E-state index in [9.17, 15) is 19.8 Å². The van der Waals surface area contributed by atoms with Crippen LogP contribution >= 0.6 is 0 Å². The average Bonchev–Trinajstić information content (AvgIpc) is 3.64. The van der Waals surface area contributed by atoms with Gasteiger partial charge in [-0.25, -0.2) is 9.48 Å². The molecule has 1 aliphatic carbocycles. The van der Waals surface area contributed by atoms with E-state index in [2.05, 4.69) is 117 Å². The third-order valence-electron chi connectivity index (χ3n) is 12.8. The fourth-order valence-corrected chi connectivity index (χ4v) is 9.88. The van der Waals surface area contributed by atoms with E-state index in [4.69, 9.17) is 4.43 Å². The number of nitrogens with one attached hydrogen (secondary N) is 3. The minimum absolute atomic E-state index is 0.0141. The monoisotopic (exact) mass is 883 g/mol. The normalized spacial score (nSPS) is 16.8. The molecule has 13 heteroatoms. The largest absolute Gasteiger partial charge is 0.506 e. The lowest BCUT2D eigenvalue weighted by Gasteiger charge is -2.39. The maximum atomic E-state index is 13.0. The Morgan fingerprint density at radius 3 is 2.42 bits per heavy atom. The van der Waals surface area contributed by atoms with Crippen molar-refractivity contribution in [3.63, 3.8) is 0 Å². The van der Waals surface area contributed by atoms with Crippen LogP contribution in [0.1, 0.15) is 96.4 Å². The van der Waals surface area contributed by atoms with Gasteiger partial charge < -0.3 is 30.3 Å². The highest BCUT2D eigenvalue weighted by Crippen LogP contribution is 2.41. The summed E-state index contributed by atoms with van der Waals surface area (Å²) in [5, 5.41) is 38.3. The van der Waals surface area contributed by atoms with Gasteiger partial charge in [-0.2, -0.15) is 0 Å². The van der Waals surface area contributed by atoms with E-state index in [0.29, 0.717) is 43.3 Å². The molecule has 6 aromatic rings. The van der Waals surface area contributed by atoms with E-state index in [1.807, 2.05) is 53.2 Å². The van der Waals surface area contributed by atoms with Gasteiger partial charge in [0, 0.05) is 54.3 Å². The molecule has 2 heterocycles. The number of phenols is 1. The first kappa shape index (κ1) is 46.4. The number of amides is 1. The molecular weight excluding hydrogens is 819 g/mol. The molecule has 338 valence electrons. The lowest BCUT2D eigenvalue weighted by atomic mass is 9.88. The van der Waals surface area contributed by atoms with E-state index in [1.54, 1.807) is 17.0 Å². The number of aryl methyl sites for hydroxylation is 1. The number of fused-ring (bicyclic) bond motifs is 2. The molecule has 5 N–H and O–H groups in total. The molecule has 1 amide bonds. The maximum Gasteiger partial charge on any atom is 0.412 e. The maximum absolute atomic E-state index is 13.0. The number of anilines is 1. The van der Waals surface area contributed by atoms with Gasteiger partial charge in [0.1, 0.15) is 11.3 Å². The van der Waals surface area contributed by atoms with Crippen molar-refractivity contribution in [2.24, 2.45) is 0 Å². The number of phenolic OH excluding ortho intramolecular Hbond substituents is 1. The highest BCUT2D eigenvalue weighted by atomic mass is 28.4. The number of carbonyl (C=O) groups is 1. The van der Waals surface area contributed by atoms with E-state index in [1.165, 1.54) is 6.07 Å². The first-order valence-electron chi connectivity index (χ1n) is 22.6. The Hall–Kier alpha value is -5.60. The van der Waals surface area contributed by atoms with E-state index in [0.717, 1.165) is 69.9 Å². The van der Waals surface area contributed by atoms with Crippen LogP contribution in [0.4, 0.5) is 10.5 Å². The van der Waals surface area contributed by atoms with Gasteiger partial charge in [0.15, 0.2) is 8.32 Å². The standard InChI is InChI=1S/C51H65N7O5Si/c1-50(2,3)54-37-19-21-38(22-20-37)58(49(61)62)44-31-34(17-23-39(44)36-15-10-9-11-16-36)14-12-13-29-57-43-26-18-35(30-42(43)55-56-57)32-52-33-46(63-64(7,8)51(4,5)6)40-24-27-45(59)48-41(40)25-28-47(60)53-48/h9-12,14-18,23-28,30-31,37-38,46,52,54,59H,13,19-22,29,32-33H2,1-8H3,(H,53,60)(H,61,62)/b14-12+/t37?,38?,46-/m1/s1. The molecule has 64 heavy (non-hydrogen) atoms. The van der Waals surface area contributed by atoms with Crippen molar-refractivity contribution >= 4 is 48.1 Å². The van der Waals surface area contributed by atoms with Crippen LogP contribution in [0.3, 0.4) is 0 Å². The summed E-state index contributed by atoms with van der Waals surface area (Å²) in [7, 11) is -2.23. The second-order valence-electron chi connectivity index (χ2n) is 19.8. The van der Waals surface area contributed by atoms with Crippen LogP contribution in [-0.2, 0) is 17.5 Å². The Labute approximate surface area is 377 Å². The Morgan fingerprint density at radius 1 is 0.969 bits per heavy atom.